The summed E-state index contributed by atoms with van der Waals surface area (Å²) in [6, 6.07) is 7.86. The van der Waals surface area contributed by atoms with Gasteiger partial charge in [-0.1, -0.05) is 13.0 Å². The quantitative estimate of drug-likeness (QED) is 0.227. The van der Waals surface area contributed by atoms with E-state index in [1.54, 1.807) is 16.9 Å². The van der Waals surface area contributed by atoms with Crippen molar-refractivity contribution in [2.45, 2.75) is 25.4 Å². The average molecular weight is 560 g/mol. The molecule has 40 heavy (non-hydrogen) atoms. The van der Waals surface area contributed by atoms with Crippen molar-refractivity contribution in [3.05, 3.63) is 64.1 Å². The third kappa shape index (κ3) is 5.12. The lowest BCUT2D eigenvalue weighted by Gasteiger charge is -2.35. The minimum atomic E-state index is -0.651. The van der Waals surface area contributed by atoms with E-state index in [9.17, 15) is 14.9 Å². The first-order valence-corrected chi connectivity index (χ1v) is 13.6. The second-order valence-corrected chi connectivity index (χ2v) is 10.6. The van der Waals surface area contributed by atoms with Crippen LogP contribution in [0.1, 0.15) is 39.3 Å². The Bertz CT molecular complexity index is 1590. The molecule has 0 spiro atoms. The van der Waals surface area contributed by atoms with Crippen molar-refractivity contribution in [2.75, 3.05) is 32.1 Å². The van der Waals surface area contributed by atoms with Crippen LogP contribution in [0.3, 0.4) is 0 Å². The Morgan fingerprint density at radius 1 is 1.30 bits per heavy atom. The zero-order valence-electron chi connectivity index (χ0n) is 22.1. The van der Waals surface area contributed by atoms with Crippen molar-refractivity contribution < 1.29 is 14.3 Å². The van der Waals surface area contributed by atoms with Gasteiger partial charge in [0, 0.05) is 49.6 Å². The van der Waals surface area contributed by atoms with Gasteiger partial charge in [0.05, 0.1) is 41.4 Å². The van der Waals surface area contributed by atoms with Crippen molar-refractivity contribution in [2.24, 2.45) is 11.7 Å². The van der Waals surface area contributed by atoms with Crippen molar-refractivity contribution in [1.82, 2.24) is 30.2 Å². The predicted octanol–water partition coefficient (Wildman–Crippen LogP) is 2.02. The van der Waals surface area contributed by atoms with Gasteiger partial charge >= 0.3 is 0 Å². The summed E-state index contributed by atoms with van der Waals surface area (Å²) in [4.78, 5) is 33.8. The second-order valence-electron chi connectivity index (χ2n) is 9.58. The number of aromatic nitrogens is 4. The predicted molar refractivity (Wildman–Crippen MR) is 149 cm³/mol. The number of ether oxygens (including phenoxy) is 1. The number of nitrogens with two attached hydrogens (primary N) is 1. The minimum Gasteiger partial charge on any atom is -0.375 e. The number of nitriles is 1. The molecule has 0 aromatic carbocycles. The first-order chi connectivity index (χ1) is 19.4. The molecule has 4 aromatic heterocycles. The van der Waals surface area contributed by atoms with Crippen LogP contribution in [-0.4, -0.2) is 58.2 Å². The molecular weight excluding hydrogens is 530 g/mol. The fraction of sp³-hybridized carbons (Fsp3) is 0.333. The van der Waals surface area contributed by atoms with Gasteiger partial charge < -0.3 is 26.4 Å². The summed E-state index contributed by atoms with van der Waals surface area (Å²) >= 11 is 1.34. The summed E-state index contributed by atoms with van der Waals surface area (Å²) in [6.45, 7) is 3.71. The third-order valence-electron chi connectivity index (χ3n) is 7.13. The van der Waals surface area contributed by atoms with Crippen LogP contribution < -0.4 is 21.7 Å². The van der Waals surface area contributed by atoms with Crippen LogP contribution in [-0.2, 0) is 21.6 Å². The topological polar surface area (TPSA) is 172 Å². The highest BCUT2D eigenvalue weighted by Gasteiger charge is 2.46. The molecule has 5 N–H and O–H groups in total. The summed E-state index contributed by atoms with van der Waals surface area (Å²) in [7, 11) is 1.47. The molecule has 1 fully saturated rings. The van der Waals surface area contributed by atoms with Crippen LogP contribution in [0.2, 0.25) is 0 Å². The van der Waals surface area contributed by atoms with Gasteiger partial charge in [-0.25, -0.2) is 9.50 Å². The second kappa shape index (κ2) is 11.4. The maximum Gasteiger partial charge on any atom is 0.252 e. The monoisotopic (exact) mass is 559 g/mol. The molecule has 0 bridgehead atoms. The Kier molecular flexibility index (Phi) is 7.74. The summed E-state index contributed by atoms with van der Waals surface area (Å²) in [5, 5.41) is 24.5. The number of nitrogens with zero attached hydrogens (tertiary/aromatic N) is 5. The number of hydrogen-bond acceptors (Lipinski definition) is 10. The number of primary amides is 1. The molecule has 1 saturated heterocycles. The fourth-order valence-electron chi connectivity index (χ4n) is 5.06. The van der Waals surface area contributed by atoms with Crippen molar-refractivity contribution >= 4 is 34.4 Å². The van der Waals surface area contributed by atoms with Gasteiger partial charge in [-0.3, -0.25) is 14.6 Å². The average Bonchev–Trinajstić information content (AvgIpc) is 3.71. The third-order valence-corrected chi connectivity index (χ3v) is 8.21. The molecular formula is C27H29N9O3S. The van der Waals surface area contributed by atoms with Crippen molar-refractivity contribution in [3.63, 3.8) is 0 Å². The molecule has 4 aromatic rings. The molecule has 5 rings (SSSR count). The van der Waals surface area contributed by atoms with E-state index in [0.717, 1.165) is 29.1 Å². The van der Waals surface area contributed by atoms with E-state index in [1.807, 2.05) is 24.4 Å². The number of carbonyl (C=O) groups is 2. The van der Waals surface area contributed by atoms with Gasteiger partial charge in [0.25, 0.3) is 5.91 Å². The number of rotatable bonds is 10. The molecule has 2 atom stereocenters. The molecule has 0 aliphatic carbocycles. The van der Waals surface area contributed by atoms with Gasteiger partial charge in [0.1, 0.15) is 28.1 Å². The fourth-order valence-corrected chi connectivity index (χ4v) is 6.00. The van der Waals surface area contributed by atoms with Gasteiger partial charge in [-0.15, -0.1) is 11.3 Å². The van der Waals surface area contributed by atoms with Crippen LogP contribution in [0.5, 0.6) is 0 Å². The van der Waals surface area contributed by atoms with E-state index in [2.05, 4.69) is 44.0 Å². The normalized spacial score (nSPS) is 18.5. The first kappa shape index (κ1) is 27.2. The summed E-state index contributed by atoms with van der Waals surface area (Å²) in [5.41, 5.74) is 9.02. The van der Waals surface area contributed by atoms with Crippen molar-refractivity contribution in [1.29, 1.82) is 5.26 Å². The lowest BCUT2D eigenvalue weighted by molar-refractivity contribution is -0.124. The molecule has 1 aliphatic heterocycles. The Hall–Kier alpha value is -4.38. The highest BCUT2D eigenvalue weighted by atomic mass is 32.1. The largest absolute Gasteiger partial charge is 0.375 e. The van der Waals surface area contributed by atoms with Gasteiger partial charge in [-0.05, 0) is 18.6 Å². The molecule has 0 saturated carbocycles. The number of amides is 2. The zero-order valence-corrected chi connectivity index (χ0v) is 22.9. The Morgan fingerprint density at radius 3 is 2.83 bits per heavy atom. The van der Waals surface area contributed by atoms with Crippen LogP contribution >= 0.6 is 11.3 Å². The zero-order chi connectivity index (χ0) is 28.3. The summed E-state index contributed by atoms with van der Waals surface area (Å²) in [5.74, 6) is -0.673. The lowest BCUT2D eigenvalue weighted by Crippen LogP contribution is -2.43. The van der Waals surface area contributed by atoms with E-state index in [4.69, 9.17) is 10.5 Å². The number of methoxy groups -OCH3 is 1. The Balaban J connectivity index is 1.53. The maximum atomic E-state index is 12.6. The Morgan fingerprint density at radius 2 is 2.15 bits per heavy atom. The number of thiazole rings is 1. The number of hydrogen-bond donors (Lipinski definition) is 4. The maximum absolute atomic E-state index is 12.6. The lowest BCUT2D eigenvalue weighted by atomic mass is 9.85. The van der Waals surface area contributed by atoms with E-state index in [1.165, 1.54) is 24.6 Å². The number of nitrogens with one attached hydrogen (secondary N) is 3. The molecule has 5 heterocycles. The number of pyridine rings is 1. The van der Waals surface area contributed by atoms with E-state index >= 15 is 0 Å². The number of anilines is 1. The summed E-state index contributed by atoms with van der Waals surface area (Å²) < 4.78 is 6.53. The SMILES string of the molecule is CC[C@H]1CNC[C@]1(Nc1c(C(N)=O)cnn2cc(-c3ccc(CNC(=O)COC)nc3)cc12)c1ncc(C#N)s1. The van der Waals surface area contributed by atoms with Gasteiger partial charge in [0.2, 0.25) is 5.91 Å². The number of fused-ring (bicyclic) bond motifs is 1. The molecule has 0 unspecified atom stereocenters. The van der Waals surface area contributed by atoms with E-state index < -0.39 is 11.4 Å². The molecule has 0 radical (unpaired) electrons. The standard InChI is InChI=1S/C27H29N9O3S/c1-3-18-9-30-15-27(18,26-33-11-20(7-28)40-26)35-24-21(25(29)38)12-34-36-13-17(6-22(24)36)16-4-5-19(31-8-16)10-32-23(37)14-39-2/h4-6,8,11-13,18,30,35H,3,9-10,14-15H2,1-2H3,(H2,29,38)(H,32,37)/t18-,27+/m0/s1. The molecule has 12 nitrogen and oxygen atoms in total. The van der Waals surface area contributed by atoms with Crippen LogP contribution in [0.25, 0.3) is 16.6 Å². The number of carbonyl (C=O) groups excluding carboxylic acids is 2. The Labute approximate surface area is 234 Å². The van der Waals surface area contributed by atoms with Crippen LogP contribution in [0.4, 0.5) is 5.69 Å². The van der Waals surface area contributed by atoms with E-state index in [0.29, 0.717) is 28.3 Å². The van der Waals surface area contributed by atoms with Crippen LogP contribution in [0.15, 0.2) is 43.0 Å². The smallest absolute Gasteiger partial charge is 0.252 e. The first-order valence-electron chi connectivity index (χ1n) is 12.8. The summed E-state index contributed by atoms with van der Waals surface area (Å²) in [6.07, 6.45) is 7.48. The molecule has 206 valence electrons. The van der Waals surface area contributed by atoms with Crippen LogP contribution in [0, 0.1) is 17.2 Å². The molecule has 13 heteroatoms. The van der Waals surface area contributed by atoms with Gasteiger partial charge in [-0.2, -0.15) is 10.4 Å². The van der Waals surface area contributed by atoms with Gasteiger partial charge in [0.15, 0.2) is 0 Å². The molecule has 1 aliphatic rings. The van der Waals surface area contributed by atoms with E-state index in [-0.39, 0.29) is 30.5 Å². The highest BCUT2D eigenvalue weighted by Crippen LogP contribution is 2.42. The minimum absolute atomic E-state index is 0.00947. The molecule has 2 amide bonds. The van der Waals surface area contributed by atoms with Crippen molar-refractivity contribution in [3.8, 4) is 17.2 Å². The highest BCUT2D eigenvalue weighted by molar-refractivity contribution is 7.12.